The number of carboxylic acid groups (broad SMARTS) is 1. The van der Waals surface area contributed by atoms with Gasteiger partial charge in [-0.2, -0.15) is 0 Å². The zero-order chi connectivity index (χ0) is 30.7. The highest BCUT2D eigenvalue weighted by molar-refractivity contribution is 7.89. The third kappa shape index (κ3) is 7.48. The molecule has 4 N–H and O–H groups in total. The lowest BCUT2D eigenvalue weighted by atomic mass is 9.70. The predicted octanol–water partition coefficient (Wildman–Crippen LogP) is 5.55. The molecule has 5 unspecified atom stereocenters. The minimum atomic E-state index is -3.57. The second kappa shape index (κ2) is 13.4. The van der Waals surface area contributed by atoms with Gasteiger partial charge in [-0.1, -0.05) is 50.1 Å². The van der Waals surface area contributed by atoms with Crippen LogP contribution in [-0.2, 0) is 21.9 Å². The number of ether oxygens (including phenoxy) is 1. The van der Waals surface area contributed by atoms with E-state index in [-0.39, 0.29) is 17.4 Å². The first-order chi connectivity index (χ1) is 19.8. The number of hydrogen-bond donors (Lipinski definition) is 3. The third-order valence-electron chi connectivity index (χ3n) is 8.87. The Kier molecular flexibility index (Phi) is 10.3. The van der Waals surface area contributed by atoms with E-state index in [2.05, 4.69) is 24.8 Å². The molecule has 1 aliphatic carbocycles. The molecule has 1 saturated carbocycles. The van der Waals surface area contributed by atoms with E-state index in [4.69, 9.17) is 21.5 Å². The topological polar surface area (TPSA) is 130 Å². The number of anilines is 1. The highest BCUT2D eigenvalue weighted by Gasteiger charge is 2.41. The summed E-state index contributed by atoms with van der Waals surface area (Å²) in [5.74, 6) is -0.108. The van der Waals surface area contributed by atoms with Crippen molar-refractivity contribution in [2.24, 2.45) is 17.0 Å². The van der Waals surface area contributed by atoms with Crippen molar-refractivity contribution >= 4 is 33.3 Å². The van der Waals surface area contributed by atoms with Crippen LogP contribution in [0.4, 0.5) is 5.69 Å². The zero-order valence-electron chi connectivity index (χ0n) is 24.6. The number of sulfonamides is 1. The van der Waals surface area contributed by atoms with Crippen LogP contribution in [0.1, 0.15) is 74.4 Å². The average Bonchev–Trinajstić information content (AvgIpc) is 3.05. The number of nitrogens with zero attached hydrogens (tertiary/aromatic N) is 1. The van der Waals surface area contributed by atoms with Gasteiger partial charge in [0.05, 0.1) is 29.2 Å². The van der Waals surface area contributed by atoms with Gasteiger partial charge in [-0.3, -0.25) is 0 Å². The van der Waals surface area contributed by atoms with Gasteiger partial charge >= 0.3 is 5.97 Å². The van der Waals surface area contributed by atoms with E-state index in [1.54, 1.807) is 31.2 Å². The first-order valence-corrected chi connectivity index (χ1v) is 16.7. The Morgan fingerprint density at radius 3 is 2.67 bits per heavy atom. The minimum Gasteiger partial charge on any atom is -0.490 e. The smallest absolute Gasteiger partial charge is 0.335 e. The van der Waals surface area contributed by atoms with Gasteiger partial charge in [-0.25, -0.2) is 18.4 Å². The number of primary sulfonamides is 1. The van der Waals surface area contributed by atoms with Crippen molar-refractivity contribution in [2.75, 3.05) is 24.6 Å². The molecular weight excluding hydrogens is 576 g/mol. The van der Waals surface area contributed by atoms with E-state index < -0.39 is 32.8 Å². The van der Waals surface area contributed by atoms with Crippen LogP contribution >= 0.6 is 11.6 Å². The molecule has 5 atom stereocenters. The van der Waals surface area contributed by atoms with Crippen molar-refractivity contribution in [3.8, 4) is 5.75 Å². The van der Waals surface area contributed by atoms with Gasteiger partial charge in [-0.15, -0.1) is 0 Å². The summed E-state index contributed by atoms with van der Waals surface area (Å²) in [5, 5.41) is 26.0. The van der Waals surface area contributed by atoms with Gasteiger partial charge in [0.1, 0.15) is 5.75 Å². The van der Waals surface area contributed by atoms with Gasteiger partial charge < -0.3 is 19.8 Å². The number of aryl methyl sites for hydroxylation is 1. The molecule has 2 aromatic rings. The predicted molar refractivity (Wildman–Crippen MR) is 167 cm³/mol. The molecule has 0 bridgehead atoms. The molecule has 2 aliphatic rings. The monoisotopic (exact) mass is 618 g/mol. The standard InChI is InChI=1S/C32H43ClN2O6S/c1-4-7-22-16-25(33)12-14-27(22)32(3)19-35(28-17-23(31(37)38)11-15-30(28)41-20-32)18-24-10-13-26(24)29(36)9-6-5-8-21(2)42(34,39)40/h6,9,11-12,14-17,21,24,26,29,36H,4-5,7-8,10,13,18-20H2,1-3H3,(H,37,38)(H2,34,39,40)/b9-6+. The lowest BCUT2D eigenvalue weighted by Crippen LogP contribution is -2.47. The van der Waals surface area contributed by atoms with Crippen LogP contribution < -0.4 is 14.8 Å². The maximum atomic E-state index is 11.9. The summed E-state index contributed by atoms with van der Waals surface area (Å²) in [6.45, 7) is 7.60. The Morgan fingerprint density at radius 2 is 2.02 bits per heavy atom. The fourth-order valence-electron chi connectivity index (χ4n) is 6.19. The maximum absolute atomic E-state index is 11.9. The van der Waals surface area contributed by atoms with Crippen molar-refractivity contribution in [2.45, 2.75) is 76.1 Å². The first kappa shape index (κ1) is 32.3. The fraction of sp³-hybridized carbons (Fsp3) is 0.531. The van der Waals surface area contributed by atoms with Crippen LogP contribution in [-0.4, -0.2) is 55.7 Å². The summed E-state index contributed by atoms with van der Waals surface area (Å²) >= 11 is 6.38. The lowest BCUT2D eigenvalue weighted by molar-refractivity contribution is 0.0458. The molecule has 2 aromatic carbocycles. The quantitative estimate of drug-likeness (QED) is 0.266. The molecule has 0 radical (unpaired) electrons. The Bertz CT molecular complexity index is 1410. The number of nitrogens with two attached hydrogens (primary N) is 1. The normalized spacial score (nSPS) is 23.9. The molecule has 1 aliphatic heterocycles. The summed E-state index contributed by atoms with van der Waals surface area (Å²) in [6, 6.07) is 11.0. The van der Waals surface area contributed by atoms with Gasteiger partial charge in [0.15, 0.2) is 0 Å². The molecular formula is C32H43ClN2O6S. The van der Waals surface area contributed by atoms with E-state index in [0.29, 0.717) is 43.3 Å². The second-order valence-electron chi connectivity index (χ2n) is 12.2. The summed E-state index contributed by atoms with van der Waals surface area (Å²) < 4.78 is 29.3. The van der Waals surface area contributed by atoms with Crippen LogP contribution in [0.15, 0.2) is 48.6 Å². The van der Waals surface area contributed by atoms with Crippen LogP contribution in [0.25, 0.3) is 0 Å². The summed E-state index contributed by atoms with van der Waals surface area (Å²) in [6.07, 6.45) is 7.56. The van der Waals surface area contributed by atoms with Crippen molar-refractivity contribution in [3.05, 3.63) is 70.3 Å². The Balaban J connectivity index is 1.58. The highest BCUT2D eigenvalue weighted by Crippen LogP contribution is 2.44. The van der Waals surface area contributed by atoms with E-state index in [0.717, 1.165) is 31.4 Å². The lowest BCUT2D eigenvalue weighted by Gasteiger charge is -2.44. The fourth-order valence-corrected chi connectivity index (χ4v) is 6.85. The molecule has 0 saturated heterocycles. The molecule has 4 rings (SSSR count). The zero-order valence-corrected chi connectivity index (χ0v) is 26.2. The molecule has 10 heteroatoms. The highest BCUT2D eigenvalue weighted by atomic mass is 35.5. The summed E-state index contributed by atoms with van der Waals surface area (Å²) in [7, 11) is -3.57. The molecule has 42 heavy (non-hydrogen) atoms. The molecule has 8 nitrogen and oxygen atoms in total. The third-order valence-corrected chi connectivity index (χ3v) is 10.5. The summed E-state index contributed by atoms with van der Waals surface area (Å²) in [5.41, 5.74) is 2.91. The van der Waals surface area contributed by atoms with Crippen LogP contribution in [0, 0.1) is 11.8 Å². The number of fused-ring (bicyclic) bond motifs is 1. The molecule has 230 valence electrons. The van der Waals surface area contributed by atoms with E-state index in [1.807, 2.05) is 18.2 Å². The number of carbonyl (C=O) groups is 1. The molecule has 0 aromatic heterocycles. The average molecular weight is 619 g/mol. The van der Waals surface area contributed by atoms with Crippen LogP contribution in [0.3, 0.4) is 0 Å². The number of aromatic carboxylic acids is 1. The Labute approximate surface area is 254 Å². The van der Waals surface area contributed by atoms with Crippen LogP contribution in [0.2, 0.25) is 5.02 Å². The van der Waals surface area contributed by atoms with E-state index in [1.165, 1.54) is 11.1 Å². The number of rotatable bonds is 12. The van der Waals surface area contributed by atoms with E-state index >= 15 is 0 Å². The number of carboxylic acids is 1. The number of aliphatic hydroxyl groups excluding tert-OH is 1. The van der Waals surface area contributed by atoms with Crippen molar-refractivity contribution in [1.82, 2.24) is 0 Å². The van der Waals surface area contributed by atoms with Crippen LogP contribution in [0.5, 0.6) is 5.75 Å². The number of benzene rings is 2. The van der Waals surface area contributed by atoms with Gasteiger partial charge in [0, 0.05) is 23.5 Å². The van der Waals surface area contributed by atoms with Crippen molar-refractivity contribution in [1.29, 1.82) is 0 Å². The van der Waals surface area contributed by atoms with Crippen molar-refractivity contribution < 1.29 is 28.2 Å². The van der Waals surface area contributed by atoms with E-state index in [9.17, 15) is 23.4 Å². The van der Waals surface area contributed by atoms with Gasteiger partial charge in [0.25, 0.3) is 0 Å². The summed E-state index contributed by atoms with van der Waals surface area (Å²) in [4.78, 5) is 14.1. The van der Waals surface area contributed by atoms with Gasteiger partial charge in [0.2, 0.25) is 10.0 Å². The molecule has 0 amide bonds. The SMILES string of the molecule is CCCc1cc(Cl)ccc1C1(C)COc2ccc(C(=O)O)cc2N(CC2CCC2C(O)/C=C/CCC(C)S(N)(=O)=O)C1. The minimum absolute atomic E-state index is 0.0460. The largest absolute Gasteiger partial charge is 0.490 e. The number of halogens is 1. The molecule has 1 fully saturated rings. The second-order valence-corrected chi connectivity index (χ2v) is 14.6. The Morgan fingerprint density at radius 1 is 1.26 bits per heavy atom. The number of allylic oxidation sites excluding steroid dienone is 1. The molecule has 0 spiro atoms. The Hall–Kier alpha value is -2.59. The van der Waals surface area contributed by atoms with Gasteiger partial charge in [-0.05, 0) is 92.3 Å². The number of hydrogen-bond acceptors (Lipinski definition) is 6. The first-order valence-electron chi connectivity index (χ1n) is 14.7. The van der Waals surface area contributed by atoms with Crippen molar-refractivity contribution in [3.63, 3.8) is 0 Å². The maximum Gasteiger partial charge on any atom is 0.335 e. The molecule has 1 heterocycles. The number of aliphatic hydroxyl groups is 1.